The number of methoxy groups -OCH3 is 1. The van der Waals surface area contributed by atoms with E-state index in [9.17, 15) is 23.1 Å². The van der Waals surface area contributed by atoms with Gasteiger partial charge in [0.2, 0.25) is 5.95 Å². The van der Waals surface area contributed by atoms with Crippen molar-refractivity contribution in [1.29, 1.82) is 0 Å². The fraction of sp³-hybridized carbons (Fsp3) is 0.440. The molecule has 0 radical (unpaired) electrons. The lowest BCUT2D eigenvalue weighted by molar-refractivity contribution is -0.158. The van der Waals surface area contributed by atoms with Crippen molar-refractivity contribution in [3.8, 4) is 5.69 Å². The summed E-state index contributed by atoms with van der Waals surface area (Å²) in [6.45, 7) is 5.72. The minimum absolute atomic E-state index is 0.174. The Hall–Kier alpha value is -3.47. The number of nitrogens with zero attached hydrogens (tertiary/aromatic N) is 4. The number of aromatic nitrogens is 4. The van der Waals surface area contributed by atoms with Crippen LogP contribution in [0.25, 0.3) is 5.69 Å². The van der Waals surface area contributed by atoms with Crippen molar-refractivity contribution in [2.45, 2.75) is 51.8 Å². The number of carbonyl (C=O) groups excluding carboxylic acids is 1. The maximum atomic E-state index is 13.0. The van der Waals surface area contributed by atoms with Crippen LogP contribution in [0.1, 0.15) is 50.1 Å². The number of anilines is 2. The van der Waals surface area contributed by atoms with E-state index in [1.54, 1.807) is 29.2 Å². The molecule has 2 aromatic heterocycles. The number of carbonyl (C=O) groups is 1. The van der Waals surface area contributed by atoms with Crippen LogP contribution in [0.5, 0.6) is 0 Å². The van der Waals surface area contributed by atoms with E-state index in [-0.39, 0.29) is 17.8 Å². The summed E-state index contributed by atoms with van der Waals surface area (Å²) < 4.78 is 45.7. The molecule has 192 valence electrons. The van der Waals surface area contributed by atoms with Gasteiger partial charge in [-0.3, -0.25) is 4.79 Å². The topological polar surface area (TPSA) is 102 Å². The van der Waals surface area contributed by atoms with Crippen LogP contribution in [0.3, 0.4) is 0 Å². The van der Waals surface area contributed by atoms with Crippen LogP contribution in [0.4, 0.5) is 24.8 Å². The lowest BCUT2D eigenvalue weighted by Gasteiger charge is -2.44. The van der Waals surface area contributed by atoms with E-state index in [0.717, 1.165) is 17.8 Å². The number of ether oxygens (including phenoxy) is 1. The smallest absolute Gasteiger partial charge is 0.433 e. The summed E-state index contributed by atoms with van der Waals surface area (Å²) in [5, 5.41) is 14.3. The minimum Gasteiger partial charge on any atom is -0.469 e. The molecule has 8 nitrogen and oxygen atoms in total. The second kappa shape index (κ2) is 9.20. The Labute approximate surface area is 206 Å². The van der Waals surface area contributed by atoms with Gasteiger partial charge in [0.05, 0.1) is 25.0 Å². The van der Waals surface area contributed by atoms with Gasteiger partial charge in [-0.15, -0.1) is 0 Å². The first-order valence-corrected chi connectivity index (χ1v) is 11.4. The molecule has 1 aliphatic carbocycles. The first kappa shape index (κ1) is 25.6. The van der Waals surface area contributed by atoms with E-state index in [1.165, 1.54) is 7.11 Å². The molecule has 2 heterocycles. The van der Waals surface area contributed by atoms with E-state index in [1.807, 2.05) is 26.8 Å². The van der Waals surface area contributed by atoms with Crippen LogP contribution >= 0.6 is 0 Å². The van der Waals surface area contributed by atoms with Gasteiger partial charge in [-0.25, -0.2) is 15.0 Å². The molecule has 1 aromatic carbocycles. The summed E-state index contributed by atoms with van der Waals surface area (Å²) in [4.78, 5) is 24.1. The molecule has 1 saturated carbocycles. The molecule has 2 atom stereocenters. The zero-order valence-electron chi connectivity index (χ0n) is 20.4. The molecular formula is C25H28F3N5O3. The van der Waals surface area contributed by atoms with Gasteiger partial charge < -0.3 is 19.7 Å². The Morgan fingerprint density at radius 2 is 2.00 bits per heavy atom. The zero-order chi connectivity index (χ0) is 26.3. The third-order valence-electron chi connectivity index (χ3n) is 6.65. The molecule has 4 rings (SSSR count). The van der Waals surface area contributed by atoms with E-state index < -0.39 is 22.9 Å². The number of imidazole rings is 1. The van der Waals surface area contributed by atoms with Gasteiger partial charge >= 0.3 is 12.1 Å². The molecule has 3 aromatic rings. The molecule has 0 amide bonds. The first-order valence-electron chi connectivity index (χ1n) is 11.4. The average molecular weight is 504 g/mol. The summed E-state index contributed by atoms with van der Waals surface area (Å²) in [6.07, 6.45) is 0.951. The Morgan fingerprint density at radius 1 is 1.25 bits per heavy atom. The Kier molecular flexibility index (Phi) is 6.54. The van der Waals surface area contributed by atoms with Crippen LogP contribution in [-0.4, -0.2) is 37.7 Å². The predicted molar refractivity (Wildman–Crippen MR) is 126 cm³/mol. The van der Waals surface area contributed by atoms with Crippen LogP contribution in [-0.2, 0) is 21.3 Å². The number of hydrogen-bond acceptors (Lipinski definition) is 7. The molecule has 0 aliphatic heterocycles. The summed E-state index contributed by atoms with van der Waals surface area (Å²) in [5.41, 5.74) is -0.227. The molecular weight excluding hydrogens is 475 g/mol. The van der Waals surface area contributed by atoms with E-state index in [2.05, 4.69) is 20.3 Å². The highest BCUT2D eigenvalue weighted by Gasteiger charge is 2.49. The SMILES string of the molecule is COC(=O)C1CCC(O)(c2cn(-c3cc(C)cc(Nc4nccc(C(F)(F)F)n4)c3)cn2)CC1(C)C. The second-order valence-corrected chi connectivity index (χ2v) is 9.92. The van der Waals surface area contributed by atoms with Crippen molar-refractivity contribution in [2.24, 2.45) is 11.3 Å². The Balaban J connectivity index is 1.58. The minimum atomic E-state index is -4.57. The normalized spacial score (nSPS) is 21.7. The fourth-order valence-electron chi connectivity index (χ4n) is 4.93. The third kappa shape index (κ3) is 5.20. The summed E-state index contributed by atoms with van der Waals surface area (Å²) in [7, 11) is 1.37. The highest BCUT2D eigenvalue weighted by Crippen LogP contribution is 2.49. The van der Waals surface area contributed by atoms with Gasteiger partial charge in [-0.2, -0.15) is 13.2 Å². The number of halogens is 3. The highest BCUT2D eigenvalue weighted by molar-refractivity contribution is 5.73. The number of hydrogen-bond donors (Lipinski definition) is 2. The molecule has 1 aliphatic rings. The molecule has 0 saturated heterocycles. The highest BCUT2D eigenvalue weighted by atomic mass is 19.4. The Morgan fingerprint density at radius 3 is 2.67 bits per heavy atom. The monoisotopic (exact) mass is 503 g/mol. The van der Waals surface area contributed by atoms with E-state index >= 15 is 0 Å². The number of aryl methyl sites for hydroxylation is 1. The van der Waals surface area contributed by atoms with Crippen LogP contribution in [0, 0.1) is 18.3 Å². The largest absolute Gasteiger partial charge is 0.469 e. The van der Waals surface area contributed by atoms with Crippen LogP contribution in [0.2, 0.25) is 0 Å². The number of benzene rings is 1. The third-order valence-corrected chi connectivity index (χ3v) is 6.65. The number of esters is 1. The Bertz CT molecular complexity index is 1270. The van der Waals surface area contributed by atoms with Crippen molar-refractivity contribution < 1.29 is 27.8 Å². The van der Waals surface area contributed by atoms with Gasteiger partial charge in [0.25, 0.3) is 0 Å². The summed E-state index contributed by atoms with van der Waals surface area (Å²) in [6, 6.07) is 6.18. The predicted octanol–water partition coefficient (Wildman–Crippen LogP) is 4.92. The molecule has 0 bridgehead atoms. The molecule has 2 unspecified atom stereocenters. The number of nitrogens with one attached hydrogen (secondary N) is 1. The standard InChI is InChI=1S/C25H28F3N5O3/c1-15-9-16(31-22-29-8-6-19(32-22)25(26,27)28)11-17(10-15)33-12-20(30-14-33)24(35)7-5-18(21(34)36-4)23(2,3)13-24/h6,8-12,14,18,35H,5,7,13H2,1-4H3,(H,29,31,32). The van der Waals surface area contributed by atoms with Crippen molar-refractivity contribution in [2.75, 3.05) is 12.4 Å². The van der Waals surface area contributed by atoms with Gasteiger partial charge in [0, 0.05) is 23.8 Å². The molecule has 2 N–H and O–H groups in total. The van der Waals surface area contributed by atoms with Crippen LogP contribution in [0.15, 0.2) is 43.0 Å². The summed E-state index contributed by atoms with van der Waals surface area (Å²) >= 11 is 0. The number of rotatable bonds is 5. The van der Waals surface area contributed by atoms with Gasteiger partial charge in [-0.1, -0.05) is 13.8 Å². The maximum absolute atomic E-state index is 13.0. The second-order valence-electron chi connectivity index (χ2n) is 9.92. The van der Waals surface area contributed by atoms with Gasteiger partial charge in [-0.05, 0) is 61.4 Å². The van der Waals surface area contributed by atoms with Crippen molar-refractivity contribution >= 4 is 17.6 Å². The number of alkyl halides is 3. The maximum Gasteiger partial charge on any atom is 0.433 e. The number of aliphatic hydroxyl groups is 1. The fourth-order valence-corrected chi connectivity index (χ4v) is 4.93. The molecule has 1 fully saturated rings. The van der Waals surface area contributed by atoms with Crippen molar-refractivity contribution in [3.05, 3.63) is 59.9 Å². The quantitative estimate of drug-likeness (QED) is 0.477. The summed E-state index contributed by atoms with van der Waals surface area (Å²) in [5.74, 6) is -0.767. The van der Waals surface area contributed by atoms with Crippen molar-refractivity contribution in [1.82, 2.24) is 19.5 Å². The van der Waals surface area contributed by atoms with Crippen LogP contribution < -0.4 is 5.32 Å². The molecule has 0 spiro atoms. The average Bonchev–Trinajstić information content (AvgIpc) is 3.29. The lowest BCUT2D eigenvalue weighted by Crippen LogP contribution is -2.45. The van der Waals surface area contributed by atoms with Gasteiger partial charge in [0.15, 0.2) is 0 Å². The van der Waals surface area contributed by atoms with E-state index in [0.29, 0.717) is 36.3 Å². The van der Waals surface area contributed by atoms with Crippen molar-refractivity contribution in [3.63, 3.8) is 0 Å². The lowest BCUT2D eigenvalue weighted by atomic mass is 9.62. The van der Waals surface area contributed by atoms with E-state index in [4.69, 9.17) is 4.74 Å². The first-order chi connectivity index (χ1) is 16.8. The molecule has 11 heteroatoms. The molecule has 36 heavy (non-hydrogen) atoms. The zero-order valence-corrected chi connectivity index (χ0v) is 20.4. The van der Waals surface area contributed by atoms with Gasteiger partial charge in [0.1, 0.15) is 11.3 Å².